The molecule has 5 heteroatoms. The van der Waals surface area contributed by atoms with Gasteiger partial charge in [0.25, 0.3) is 0 Å². The van der Waals surface area contributed by atoms with Gasteiger partial charge < -0.3 is 5.32 Å². The summed E-state index contributed by atoms with van der Waals surface area (Å²) in [5, 5.41) is 7.59. The van der Waals surface area contributed by atoms with Crippen molar-refractivity contribution >= 4 is 0 Å². The Balaban J connectivity index is 1.60. The lowest BCUT2D eigenvalue weighted by atomic mass is 10.2. The molecule has 20 heavy (non-hydrogen) atoms. The lowest BCUT2D eigenvalue weighted by Crippen LogP contribution is -2.17. The summed E-state index contributed by atoms with van der Waals surface area (Å²) in [4.78, 5) is 0. The van der Waals surface area contributed by atoms with Gasteiger partial charge in [0.2, 0.25) is 0 Å². The first kappa shape index (κ1) is 13.2. The van der Waals surface area contributed by atoms with E-state index >= 15 is 0 Å². The standard InChI is InChI=1S/C15H17F2N3/c16-12-3-6-15(14(17)8-12)20-10-11(9-19-20)2-1-7-18-13-4-5-13/h3,6,8-10,13,18H,1-2,4-5,7H2. The summed E-state index contributed by atoms with van der Waals surface area (Å²) in [6, 6.07) is 4.23. The van der Waals surface area contributed by atoms with Crippen molar-refractivity contribution in [3.63, 3.8) is 0 Å². The van der Waals surface area contributed by atoms with Gasteiger partial charge in [0.05, 0.1) is 6.20 Å². The van der Waals surface area contributed by atoms with E-state index in [1.54, 1.807) is 12.4 Å². The first-order chi connectivity index (χ1) is 9.72. The molecule has 0 bridgehead atoms. The van der Waals surface area contributed by atoms with Gasteiger partial charge in [-0.25, -0.2) is 13.5 Å². The van der Waals surface area contributed by atoms with Gasteiger partial charge in [-0.2, -0.15) is 5.10 Å². The monoisotopic (exact) mass is 277 g/mol. The molecule has 1 N–H and O–H groups in total. The number of rotatable bonds is 6. The van der Waals surface area contributed by atoms with E-state index in [0.29, 0.717) is 0 Å². The zero-order valence-corrected chi connectivity index (χ0v) is 11.1. The Morgan fingerprint density at radius 2 is 2.15 bits per heavy atom. The van der Waals surface area contributed by atoms with Gasteiger partial charge in [-0.3, -0.25) is 0 Å². The van der Waals surface area contributed by atoms with E-state index in [1.807, 2.05) is 0 Å². The van der Waals surface area contributed by atoms with E-state index < -0.39 is 11.6 Å². The van der Waals surface area contributed by atoms with Crippen LogP contribution >= 0.6 is 0 Å². The minimum Gasteiger partial charge on any atom is -0.314 e. The van der Waals surface area contributed by atoms with Gasteiger partial charge in [-0.1, -0.05) is 0 Å². The lowest BCUT2D eigenvalue weighted by Gasteiger charge is -2.03. The van der Waals surface area contributed by atoms with Crippen molar-refractivity contribution < 1.29 is 8.78 Å². The van der Waals surface area contributed by atoms with Crippen molar-refractivity contribution in [1.29, 1.82) is 0 Å². The van der Waals surface area contributed by atoms with Crippen molar-refractivity contribution in [2.45, 2.75) is 31.7 Å². The highest BCUT2D eigenvalue weighted by Crippen LogP contribution is 2.18. The van der Waals surface area contributed by atoms with E-state index in [0.717, 1.165) is 37.1 Å². The van der Waals surface area contributed by atoms with Crippen LogP contribution < -0.4 is 5.32 Å². The second-order valence-electron chi connectivity index (χ2n) is 5.22. The van der Waals surface area contributed by atoms with Gasteiger partial charge in [0, 0.05) is 18.3 Å². The molecule has 1 aromatic heterocycles. The summed E-state index contributed by atoms with van der Waals surface area (Å²) in [6.45, 7) is 1.00. The number of nitrogens with zero attached hydrogens (tertiary/aromatic N) is 2. The average Bonchev–Trinajstić information content (AvgIpc) is 3.13. The smallest absolute Gasteiger partial charge is 0.151 e. The number of nitrogens with one attached hydrogen (secondary N) is 1. The third kappa shape index (κ3) is 3.22. The van der Waals surface area contributed by atoms with Gasteiger partial charge in [0.15, 0.2) is 5.82 Å². The van der Waals surface area contributed by atoms with Crippen LogP contribution in [-0.4, -0.2) is 22.4 Å². The minimum atomic E-state index is -0.602. The number of benzene rings is 1. The Bertz CT molecular complexity index is 591. The predicted molar refractivity (Wildman–Crippen MR) is 72.8 cm³/mol. The van der Waals surface area contributed by atoms with E-state index in [4.69, 9.17) is 0 Å². The zero-order valence-electron chi connectivity index (χ0n) is 11.1. The highest BCUT2D eigenvalue weighted by Gasteiger charge is 2.19. The maximum absolute atomic E-state index is 13.6. The van der Waals surface area contributed by atoms with E-state index in [9.17, 15) is 8.78 Å². The number of hydrogen-bond donors (Lipinski definition) is 1. The van der Waals surface area contributed by atoms with Crippen LogP contribution in [0.15, 0.2) is 30.6 Å². The van der Waals surface area contributed by atoms with Crippen LogP contribution in [0.4, 0.5) is 8.78 Å². The fraction of sp³-hybridized carbons (Fsp3) is 0.400. The molecular formula is C15H17F2N3. The second-order valence-corrected chi connectivity index (χ2v) is 5.22. The highest BCUT2D eigenvalue weighted by molar-refractivity contribution is 5.33. The van der Waals surface area contributed by atoms with Gasteiger partial charge in [-0.15, -0.1) is 0 Å². The number of halogens is 2. The molecule has 1 aliphatic rings. The zero-order chi connectivity index (χ0) is 13.9. The van der Waals surface area contributed by atoms with Crippen molar-refractivity contribution in [3.8, 4) is 5.69 Å². The van der Waals surface area contributed by atoms with Crippen LogP contribution in [0.3, 0.4) is 0 Å². The summed E-state index contributed by atoms with van der Waals surface area (Å²) >= 11 is 0. The molecule has 0 spiro atoms. The normalized spacial score (nSPS) is 14.7. The Hall–Kier alpha value is -1.75. The van der Waals surface area contributed by atoms with Crippen molar-refractivity contribution in [1.82, 2.24) is 15.1 Å². The van der Waals surface area contributed by atoms with Crippen LogP contribution in [0.25, 0.3) is 5.69 Å². The van der Waals surface area contributed by atoms with Crippen LogP contribution in [-0.2, 0) is 6.42 Å². The summed E-state index contributed by atoms with van der Waals surface area (Å²) < 4.78 is 28.0. The SMILES string of the molecule is Fc1ccc(-n2cc(CCCNC3CC3)cn2)c(F)c1. The summed E-state index contributed by atoms with van der Waals surface area (Å²) in [5.74, 6) is -1.18. The fourth-order valence-corrected chi connectivity index (χ4v) is 2.17. The quantitative estimate of drug-likeness (QED) is 0.823. The molecule has 0 atom stereocenters. The largest absolute Gasteiger partial charge is 0.314 e. The Kier molecular flexibility index (Phi) is 3.78. The third-order valence-electron chi connectivity index (χ3n) is 3.45. The molecule has 1 fully saturated rings. The second kappa shape index (κ2) is 5.71. The van der Waals surface area contributed by atoms with E-state index in [1.165, 1.54) is 29.7 Å². The third-order valence-corrected chi connectivity index (χ3v) is 3.45. The van der Waals surface area contributed by atoms with Crippen LogP contribution in [0.2, 0.25) is 0 Å². The van der Waals surface area contributed by atoms with Gasteiger partial charge in [0.1, 0.15) is 11.5 Å². The molecule has 3 rings (SSSR count). The predicted octanol–water partition coefficient (Wildman–Crippen LogP) is 2.84. The van der Waals surface area contributed by atoms with E-state index in [2.05, 4.69) is 10.4 Å². The molecule has 0 radical (unpaired) electrons. The molecule has 106 valence electrons. The first-order valence-corrected chi connectivity index (χ1v) is 6.95. The Labute approximate surface area is 116 Å². The van der Waals surface area contributed by atoms with Crippen molar-refractivity contribution in [3.05, 3.63) is 47.8 Å². The molecule has 0 aliphatic heterocycles. The summed E-state index contributed by atoms with van der Waals surface area (Å²) in [5.41, 5.74) is 1.33. The Morgan fingerprint density at radius 3 is 2.90 bits per heavy atom. The lowest BCUT2D eigenvalue weighted by molar-refractivity contribution is 0.573. The summed E-state index contributed by atoms with van der Waals surface area (Å²) in [7, 11) is 0. The maximum Gasteiger partial charge on any atom is 0.151 e. The van der Waals surface area contributed by atoms with Crippen LogP contribution in [0, 0.1) is 11.6 Å². The fourth-order valence-electron chi connectivity index (χ4n) is 2.17. The summed E-state index contributed by atoms with van der Waals surface area (Å²) in [6.07, 6.45) is 8.06. The highest BCUT2D eigenvalue weighted by atomic mass is 19.1. The van der Waals surface area contributed by atoms with Crippen LogP contribution in [0.1, 0.15) is 24.8 Å². The maximum atomic E-state index is 13.6. The topological polar surface area (TPSA) is 29.9 Å². The molecule has 1 aromatic carbocycles. The molecular weight excluding hydrogens is 260 g/mol. The van der Waals surface area contributed by atoms with Gasteiger partial charge in [-0.05, 0) is 49.9 Å². The molecule has 0 amide bonds. The molecule has 3 nitrogen and oxygen atoms in total. The number of hydrogen-bond acceptors (Lipinski definition) is 2. The Morgan fingerprint density at radius 1 is 1.30 bits per heavy atom. The number of aryl methyl sites for hydroxylation is 1. The molecule has 1 aliphatic carbocycles. The first-order valence-electron chi connectivity index (χ1n) is 6.95. The molecule has 1 saturated carbocycles. The molecule has 2 aromatic rings. The minimum absolute atomic E-state index is 0.272. The van der Waals surface area contributed by atoms with Crippen LogP contribution in [0.5, 0.6) is 0 Å². The molecule has 1 heterocycles. The number of aromatic nitrogens is 2. The van der Waals surface area contributed by atoms with Crippen molar-refractivity contribution in [2.75, 3.05) is 6.54 Å². The van der Waals surface area contributed by atoms with E-state index in [-0.39, 0.29) is 5.69 Å². The molecule has 0 saturated heterocycles. The average molecular weight is 277 g/mol. The van der Waals surface area contributed by atoms with Gasteiger partial charge >= 0.3 is 0 Å². The van der Waals surface area contributed by atoms with Crippen molar-refractivity contribution in [2.24, 2.45) is 0 Å². The molecule has 0 unspecified atom stereocenters.